The highest BCUT2D eigenvalue weighted by molar-refractivity contribution is 7.15. The van der Waals surface area contributed by atoms with Crippen LogP contribution in [-0.4, -0.2) is 23.2 Å². The fourth-order valence-electron chi connectivity index (χ4n) is 1.96. The van der Waals surface area contributed by atoms with Gasteiger partial charge in [0.15, 0.2) is 5.13 Å². The third-order valence-corrected chi connectivity index (χ3v) is 4.10. The summed E-state index contributed by atoms with van der Waals surface area (Å²) < 4.78 is 0. The van der Waals surface area contributed by atoms with Crippen LogP contribution in [0.3, 0.4) is 0 Å². The predicted octanol–water partition coefficient (Wildman–Crippen LogP) is 2.32. The number of anilines is 1. The van der Waals surface area contributed by atoms with E-state index in [1.165, 1.54) is 25.7 Å². The fraction of sp³-hybridized carbons (Fsp3) is 0.727. The number of aliphatic hydroxyl groups is 1. The van der Waals surface area contributed by atoms with Crippen LogP contribution in [0.25, 0.3) is 0 Å². The third-order valence-electron chi connectivity index (χ3n) is 2.90. The first kappa shape index (κ1) is 10.9. The van der Waals surface area contributed by atoms with Crippen LogP contribution in [0.5, 0.6) is 0 Å². The zero-order valence-corrected chi connectivity index (χ0v) is 10.0. The number of nitrogens with zero attached hydrogens (tertiary/aromatic N) is 2. The molecule has 0 aliphatic carbocycles. The lowest BCUT2D eigenvalue weighted by Gasteiger charge is -2.18. The van der Waals surface area contributed by atoms with E-state index in [0.717, 1.165) is 28.8 Å². The van der Waals surface area contributed by atoms with Gasteiger partial charge >= 0.3 is 0 Å². The quantitative estimate of drug-likeness (QED) is 0.840. The van der Waals surface area contributed by atoms with Crippen LogP contribution in [0.4, 0.5) is 5.13 Å². The molecule has 1 aliphatic heterocycles. The first-order valence-electron chi connectivity index (χ1n) is 5.63. The Bertz CT molecular complexity index is 316. The van der Waals surface area contributed by atoms with Crippen molar-refractivity contribution in [1.82, 2.24) is 4.98 Å². The van der Waals surface area contributed by atoms with Gasteiger partial charge in [0.2, 0.25) is 0 Å². The number of aryl methyl sites for hydroxylation is 1. The minimum Gasteiger partial charge on any atom is -0.391 e. The highest BCUT2D eigenvalue weighted by Gasteiger charge is 2.15. The maximum absolute atomic E-state index is 9.14. The highest BCUT2D eigenvalue weighted by atomic mass is 32.1. The molecule has 1 saturated heterocycles. The Balaban J connectivity index is 2.12. The standard InChI is InChI=1S/C11H18N2OS/c1-9-10(8-14)15-11(12-9)13-6-4-2-3-5-7-13/h14H,2-8H2,1H3. The van der Waals surface area contributed by atoms with Gasteiger partial charge in [-0.25, -0.2) is 4.98 Å². The van der Waals surface area contributed by atoms with Crippen molar-refractivity contribution >= 4 is 16.5 Å². The molecule has 4 heteroatoms. The van der Waals surface area contributed by atoms with E-state index < -0.39 is 0 Å². The van der Waals surface area contributed by atoms with Gasteiger partial charge in [-0.2, -0.15) is 0 Å². The van der Waals surface area contributed by atoms with E-state index >= 15 is 0 Å². The molecule has 1 aromatic heterocycles. The van der Waals surface area contributed by atoms with Crippen LogP contribution in [-0.2, 0) is 6.61 Å². The van der Waals surface area contributed by atoms with Gasteiger partial charge in [-0.1, -0.05) is 24.2 Å². The molecule has 0 spiro atoms. The van der Waals surface area contributed by atoms with Crippen molar-refractivity contribution in [2.75, 3.05) is 18.0 Å². The summed E-state index contributed by atoms with van der Waals surface area (Å²) in [4.78, 5) is 7.90. The molecule has 2 heterocycles. The van der Waals surface area contributed by atoms with Gasteiger partial charge in [-0.05, 0) is 19.8 Å². The molecule has 3 nitrogen and oxygen atoms in total. The second kappa shape index (κ2) is 4.94. The molecule has 1 aliphatic rings. The van der Waals surface area contributed by atoms with Gasteiger partial charge in [-0.15, -0.1) is 0 Å². The van der Waals surface area contributed by atoms with Crippen molar-refractivity contribution < 1.29 is 5.11 Å². The van der Waals surface area contributed by atoms with E-state index in [4.69, 9.17) is 5.11 Å². The molecule has 15 heavy (non-hydrogen) atoms. The summed E-state index contributed by atoms with van der Waals surface area (Å²) in [5, 5.41) is 10.2. The van der Waals surface area contributed by atoms with Gasteiger partial charge in [0.05, 0.1) is 17.2 Å². The Kier molecular flexibility index (Phi) is 3.59. The van der Waals surface area contributed by atoms with Crippen LogP contribution >= 0.6 is 11.3 Å². The van der Waals surface area contributed by atoms with Crippen molar-refractivity contribution in [3.8, 4) is 0 Å². The predicted molar refractivity (Wildman–Crippen MR) is 63.5 cm³/mol. The van der Waals surface area contributed by atoms with E-state index in [1.54, 1.807) is 11.3 Å². The summed E-state index contributed by atoms with van der Waals surface area (Å²) in [5.74, 6) is 0. The molecule has 0 aromatic carbocycles. The maximum Gasteiger partial charge on any atom is 0.185 e. The van der Waals surface area contributed by atoms with Crippen LogP contribution in [0, 0.1) is 6.92 Å². The van der Waals surface area contributed by atoms with E-state index in [1.807, 2.05) is 6.92 Å². The number of aromatic nitrogens is 1. The number of hydrogen-bond acceptors (Lipinski definition) is 4. The van der Waals surface area contributed by atoms with Crippen LogP contribution in [0.2, 0.25) is 0 Å². The first-order chi connectivity index (χ1) is 7.31. The molecule has 0 atom stereocenters. The molecular formula is C11H18N2OS. The molecule has 1 aromatic rings. The number of thiazole rings is 1. The lowest BCUT2D eigenvalue weighted by molar-refractivity contribution is 0.284. The monoisotopic (exact) mass is 226 g/mol. The van der Waals surface area contributed by atoms with Crippen LogP contribution < -0.4 is 4.90 Å². The van der Waals surface area contributed by atoms with Gasteiger partial charge in [0, 0.05) is 13.1 Å². The summed E-state index contributed by atoms with van der Waals surface area (Å²) in [7, 11) is 0. The minimum absolute atomic E-state index is 0.122. The fourth-order valence-corrected chi connectivity index (χ4v) is 2.93. The van der Waals surface area contributed by atoms with Gasteiger partial charge in [-0.3, -0.25) is 0 Å². The van der Waals surface area contributed by atoms with Crippen molar-refractivity contribution in [1.29, 1.82) is 0 Å². The lowest BCUT2D eigenvalue weighted by Crippen LogP contribution is -2.23. The molecule has 0 radical (unpaired) electrons. The molecule has 2 rings (SSSR count). The second-order valence-electron chi connectivity index (χ2n) is 4.06. The average Bonchev–Trinajstić information content (AvgIpc) is 2.48. The lowest BCUT2D eigenvalue weighted by atomic mass is 10.2. The van der Waals surface area contributed by atoms with Crippen molar-refractivity contribution in [3.05, 3.63) is 10.6 Å². The summed E-state index contributed by atoms with van der Waals surface area (Å²) in [5.41, 5.74) is 0.988. The Morgan fingerprint density at radius 2 is 1.93 bits per heavy atom. The summed E-state index contributed by atoms with van der Waals surface area (Å²) >= 11 is 1.64. The Morgan fingerprint density at radius 1 is 1.27 bits per heavy atom. The van der Waals surface area contributed by atoms with Gasteiger partial charge in [0.25, 0.3) is 0 Å². The average molecular weight is 226 g/mol. The Hall–Kier alpha value is -0.610. The second-order valence-corrected chi connectivity index (χ2v) is 5.13. The normalized spacial score (nSPS) is 17.9. The highest BCUT2D eigenvalue weighted by Crippen LogP contribution is 2.27. The van der Waals surface area contributed by atoms with Crippen molar-refractivity contribution in [2.24, 2.45) is 0 Å². The van der Waals surface area contributed by atoms with Crippen LogP contribution in [0.15, 0.2) is 0 Å². The summed E-state index contributed by atoms with van der Waals surface area (Å²) in [6, 6.07) is 0. The zero-order valence-electron chi connectivity index (χ0n) is 9.20. The molecule has 0 bridgehead atoms. The molecule has 0 saturated carbocycles. The smallest absolute Gasteiger partial charge is 0.185 e. The number of hydrogen-bond donors (Lipinski definition) is 1. The van der Waals surface area contributed by atoms with Crippen molar-refractivity contribution in [2.45, 2.75) is 39.2 Å². The van der Waals surface area contributed by atoms with E-state index in [9.17, 15) is 0 Å². The topological polar surface area (TPSA) is 36.4 Å². The zero-order chi connectivity index (χ0) is 10.7. The Labute approximate surface area is 94.8 Å². The minimum atomic E-state index is 0.122. The molecule has 1 fully saturated rings. The Morgan fingerprint density at radius 3 is 2.47 bits per heavy atom. The molecular weight excluding hydrogens is 208 g/mol. The molecule has 0 amide bonds. The summed E-state index contributed by atoms with van der Waals surface area (Å²) in [6.07, 6.45) is 5.22. The maximum atomic E-state index is 9.14. The molecule has 84 valence electrons. The van der Waals surface area contributed by atoms with E-state index in [0.29, 0.717) is 0 Å². The molecule has 0 unspecified atom stereocenters. The summed E-state index contributed by atoms with van der Waals surface area (Å²) in [6.45, 7) is 4.34. The van der Waals surface area contributed by atoms with Gasteiger partial charge in [0.1, 0.15) is 0 Å². The number of aliphatic hydroxyl groups excluding tert-OH is 1. The largest absolute Gasteiger partial charge is 0.391 e. The SMILES string of the molecule is Cc1nc(N2CCCCCC2)sc1CO. The first-order valence-corrected chi connectivity index (χ1v) is 6.45. The van der Waals surface area contributed by atoms with E-state index in [2.05, 4.69) is 9.88 Å². The van der Waals surface area contributed by atoms with E-state index in [-0.39, 0.29) is 6.61 Å². The number of rotatable bonds is 2. The van der Waals surface area contributed by atoms with Gasteiger partial charge < -0.3 is 10.0 Å². The third kappa shape index (κ3) is 2.49. The van der Waals surface area contributed by atoms with Crippen LogP contribution in [0.1, 0.15) is 36.3 Å². The molecule has 1 N–H and O–H groups in total. The van der Waals surface area contributed by atoms with Crippen molar-refractivity contribution in [3.63, 3.8) is 0 Å².